The molecule has 0 aromatic carbocycles. The maximum Gasteiger partial charge on any atom is 0.226 e. The molecule has 2 bridgehead atoms. The van der Waals surface area contributed by atoms with Crippen LogP contribution in [0, 0.1) is 29.6 Å². The molecule has 3 aliphatic carbocycles. The molecule has 16 heavy (non-hydrogen) atoms. The summed E-state index contributed by atoms with van der Waals surface area (Å²) in [4.78, 5) is 14.4. The highest BCUT2D eigenvalue weighted by Crippen LogP contribution is 2.59. The standard InChI is InChI=1S/C14H23NO/c1-9(2)10-3-5-15(6-4-10)14(16)13-11-7-12(13)8-11/h9-13H,3-8H2,1-2H3. The van der Waals surface area contributed by atoms with Crippen LogP contribution in [0.25, 0.3) is 0 Å². The third-order valence-electron chi connectivity index (χ3n) is 5.31. The fourth-order valence-corrected chi connectivity index (χ4v) is 3.69. The summed E-state index contributed by atoms with van der Waals surface area (Å²) in [6.07, 6.45) is 5.15. The van der Waals surface area contributed by atoms with E-state index in [4.69, 9.17) is 0 Å². The summed E-state index contributed by atoms with van der Waals surface area (Å²) in [5.41, 5.74) is 0. The van der Waals surface area contributed by atoms with Gasteiger partial charge in [-0.05, 0) is 49.4 Å². The van der Waals surface area contributed by atoms with E-state index in [1.165, 1.54) is 25.7 Å². The number of hydrogen-bond donors (Lipinski definition) is 0. The predicted molar refractivity (Wildman–Crippen MR) is 63.8 cm³/mol. The van der Waals surface area contributed by atoms with Gasteiger partial charge in [0.25, 0.3) is 0 Å². The maximum atomic E-state index is 12.2. The summed E-state index contributed by atoms with van der Waals surface area (Å²) in [6.45, 7) is 6.67. The molecule has 0 radical (unpaired) electrons. The summed E-state index contributed by atoms with van der Waals surface area (Å²) in [5.74, 6) is 4.14. The number of carbonyl (C=O) groups is 1. The molecule has 0 unspecified atom stereocenters. The second-order valence-electron chi connectivity index (χ2n) is 6.42. The summed E-state index contributed by atoms with van der Waals surface area (Å²) in [6, 6.07) is 0. The second-order valence-corrected chi connectivity index (χ2v) is 6.42. The molecule has 1 heterocycles. The van der Waals surface area contributed by atoms with Crippen molar-refractivity contribution in [2.75, 3.05) is 13.1 Å². The van der Waals surface area contributed by atoms with E-state index in [9.17, 15) is 4.79 Å². The summed E-state index contributed by atoms with van der Waals surface area (Å²) < 4.78 is 0. The minimum Gasteiger partial charge on any atom is -0.342 e. The first kappa shape index (κ1) is 10.6. The van der Waals surface area contributed by atoms with E-state index in [-0.39, 0.29) is 0 Å². The smallest absolute Gasteiger partial charge is 0.226 e. The minimum atomic E-state index is 0.454. The van der Waals surface area contributed by atoms with E-state index >= 15 is 0 Å². The van der Waals surface area contributed by atoms with Gasteiger partial charge < -0.3 is 4.90 Å². The monoisotopic (exact) mass is 221 g/mol. The quantitative estimate of drug-likeness (QED) is 0.701. The molecular formula is C14H23NO. The molecule has 0 aromatic rings. The molecule has 2 heteroatoms. The third kappa shape index (κ3) is 1.49. The van der Waals surface area contributed by atoms with E-state index in [0.717, 1.165) is 36.8 Å². The van der Waals surface area contributed by atoms with Crippen LogP contribution in [0.2, 0.25) is 0 Å². The molecule has 3 saturated carbocycles. The van der Waals surface area contributed by atoms with Crippen molar-refractivity contribution in [1.82, 2.24) is 4.90 Å². The molecule has 90 valence electrons. The zero-order valence-corrected chi connectivity index (χ0v) is 10.5. The van der Waals surface area contributed by atoms with Gasteiger partial charge in [0.1, 0.15) is 0 Å². The van der Waals surface area contributed by atoms with Crippen LogP contribution < -0.4 is 0 Å². The molecule has 0 spiro atoms. The number of carbonyl (C=O) groups excluding carboxylic acids is 1. The molecule has 0 atom stereocenters. The van der Waals surface area contributed by atoms with Crippen molar-refractivity contribution in [2.24, 2.45) is 29.6 Å². The van der Waals surface area contributed by atoms with Crippen LogP contribution in [0.3, 0.4) is 0 Å². The number of amides is 1. The van der Waals surface area contributed by atoms with Crippen LogP contribution in [-0.4, -0.2) is 23.9 Å². The van der Waals surface area contributed by atoms with Crippen LogP contribution in [0.1, 0.15) is 39.5 Å². The SMILES string of the molecule is CC(C)C1CCN(C(=O)C2C3CC2C3)CC1. The van der Waals surface area contributed by atoms with Crippen LogP contribution in [0.5, 0.6) is 0 Å². The summed E-state index contributed by atoms with van der Waals surface area (Å²) >= 11 is 0. The first-order valence-corrected chi connectivity index (χ1v) is 6.95. The van der Waals surface area contributed by atoms with E-state index < -0.39 is 0 Å². The van der Waals surface area contributed by atoms with E-state index in [0.29, 0.717) is 11.8 Å². The minimum absolute atomic E-state index is 0.454. The molecule has 0 N–H and O–H groups in total. The average Bonchev–Trinajstić information content (AvgIpc) is 2.13. The lowest BCUT2D eigenvalue weighted by atomic mass is 9.47. The zero-order chi connectivity index (χ0) is 11.3. The van der Waals surface area contributed by atoms with Crippen molar-refractivity contribution in [1.29, 1.82) is 0 Å². The number of likely N-dealkylation sites (tertiary alicyclic amines) is 1. The molecule has 1 amide bonds. The van der Waals surface area contributed by atoms with Crippen molar-refractivity contribution in [3.63, 3.8) is 0 Å². The Kier molecular flexibility index (Phi) is 2.49. The zero-order valence-electron chi connectivity index (χ0n) is 10.5. The first-order valence-electron chi connectivity index (χ1n) is 6.95. The predicted octanol–water partition coefficient (Wildman–Crippen LogP) is 2.54. The highest BCUT2D eigenvalue weighted by molar-refractivity contribution is 5.81. The van der Waals surface area contributed by atoms with Gasteiger partial charge in [0, 0.05) is 19.0 Å². The second kappa shape index (κ2) is 3.75. The molecular weight excluding hydrogens is 198 g/mol. The Morgan fingerprint density at radius 3 is 2.06 bits per heavy atom. The first-order chi connectivity index (χ1) is 7.66. The fraction of sp³-hybridized carbons (Fsp3) is 0.929. The van der Waals surface area contributed by atoms with Gasteiger partial charge in [0.15, 0.2) is 0 Å². The van der Waals surface area contributed by atoms with Crippen molar-refractivity contribution in [3.8, 4) is 0 Å². The van der Waals surface area contributed by atoms with E-state index in [1.54, 1.807) is 0 Å². The van der Waals surface area contributed by atoms with Crippen LogP contribution in [-0.2, 0) is 4.79 Å². The van der Waals surface area contributed by atoms with Crippen LogP contribution in [0.15, 0.2) is 0 Å². The van der Waals surface area contributed by atoms with Gasteiger partial charge in [0.2, 0.25) is 5.91 Å². The highest BCUT2D eigenvalue weighted by Gasteiger charge is 2.56. The fourth-order valence-electron chi connectivity index (χ4n) is 3.69. The molecule has 2 nitrogen and oxygen atoms in total. The number of rotatable bonds is 2. The maximum absolute atomic E-state index is 12.2. The van der Waals surface area contributed by atoms with Gasteiger partial charge in [-0.3, -0.25) is 4.79 Å². The Bertz CT molecular complexity index is 277. The van der Waals surface area contributed by atoms with Gasteiger partial charge in [-0.2, -0.15) is 0 Å². The Morgan fingerprint density at radius 2 is 1.69 bits per heavy atom. The molecule has 4 rings (SSSR count). The Labute approximate surface area is 98.4 Å². The average molecular weight is 221 g/mol. The Morgan fingerprint density at radius 1 is 1.12 bits per heavy atom. The van der Waals surface area contributed by atoms with Gasteiger partial charge in [-0.25, -0.2) is 0 Å². The van der Waals surface area contributed by atoms with Crippen molar-refractivity contribution in [3.05, 3.63) is 0 Å². The number of piperidine rings is 1. The van der Waals surface area contributed by atoms with Gasteiger partial charge in [0.05, 0.1) is 0 Å². The lowest BCUT2D eigenvalue weighted by Gasteiger charge is -2.58. The Hall–Kier alpha value is -0.530. The van der Waals surface area contributed by atoms with E-state index in [1.807, 2.05) is 0 Å². The molecule has 1 aliphatic heterocycles. The largest absolute Gasteiger partial charge is 0.342 e. The normalized spacial score (nSPS) is 38.2. The molecule has 1 saturated heterocycles. The van der Waals surface area contributed by atoms with Crippen molar-refractivity contribution in [2.45, 2.75) is 39.5 Å². The van der Waals surface area contributed by atoms with Gasteiger partial charge in [-0.15, -0.1) is 0 Å². The van der Waals surface area contributed by atoms with Crippen LogP contribution in [0.4, 0.5) is 0 Å². The molecule has 4 fully saturated rings. The lowest BCUT2D eigenvalue weighted by molar-refractivity contribution is -0.165. The Balaban J connectivity index is 1.52. The lowest BCUT2D eigenvalue weighted by Crippen LogP contribution is -2.59. The van der Waals surface area contributed by atoms with Crippen molar-refractivity contribution < 1.29 is 4.79 Å². The van der Waals surface area contributed by atoms with Gasteiger partial charge in [-0.1, -0.05) is 13.8 Å². The topological polar surface area (TPSA) is 20.3 Å². The molecule has 0 aromatic heterocycles. The van der Waals surface area contributed by atoms with Gasteiger partial charge >= 0.3 is 0 Å². The number of nitrogens with zero attached hydrogens (tertiary/aromatic N) is 1. The highest BCUT2D eigenvalue weighted by atomic mass is 16.2. The van der Waals surface area contributed by atoms with E-state index in [2.05, 4.69) is 18.7 Å². The molecule has 4 aliphatic rings. The third-order valence-corrected chi connectivity index (χ3v) is 5.31. The van der Waals surface area contributed by atoms with Crippen molar-refractivity contribution >= 4 is 5.91 Å². The number of hydrogen-bond acceptors (Lipinski definition) is 1. The summed E-state index contributed by atoms with van der Waals surface area (Å²) in [7, 11) is 0. The van der Waals surface area contributed by atoms with Crippen LogP contribution >= 0.6 is 0 Å². The summed E-state index contributed by atoms with van der Waals surface area (Å²) in [5, 5.41) is 0.